The number of ether oxygens (including phenoxy) is 2. The number of nitrogens with zero attached hydrogens (tertiary/aromatic N) is 4. The van der Waals surface area contributed by atoms with E-state index in [9.17, 15) is 22.8 Å². The predicted octanol–water partition coefficient (Wildman–Crippen LogP) is 6.78. The third kappa shape index (κ3) is 7.29. The summed E-state index contributed by atoms with van der Waals surface area (Å²) in [6.45, 7) is 6.58. The number of methoxy groups -OCH3 is 1. The number of fused-ring (bicyclic) bond motifs is 1. The summed E-state index contributed by atoms with van der Waals surface area (Å²) < 4.78 is 68.3. The Morgan fingerprint density at radius 2 is 1.86 bits per heavy atom. The van der Waals surface area contributed by atoms with Crippen LogP contribution in [0.2, 0.25) is 0 Å². The lowest BCUT2D eigenvalue weighted by molar-refractivity contribution is -0.139. The molecule has 1 aliphatic carbocycles. The van der Waals surface area contributed by atoms with Crippen LogP contribution in [0.1, 0.15) is 77.8 Å². The number of rotatable bonds is 9. The highest BCUT2D eigenvalue weighted by molar-refractivity contribution is 6.01. The summed E-state index contributed by atoms with van der Waals surface area (Å²) in [6, 6.07) is 7.25. The van der Waals surface area contributed by atoms with Crippen molar-refractivity contribution in [2.24, 2.45) is 11.8 Å². The number of hydrogen-bond donors (Lipinski definition) is 2. The fourth-order valence-corrected chi connectivity index (χ4v) is 7.17. The van der Waals surface area contributed by atoms with Crippen molar-refractivity contribution in [2.75, 3.05) is 32.6 Å². The van der Waals surface area contributed by atoms with Crippen molar-refractivity contribution in [2.45, 2.75) is 70.8 Å². The van der Waals surface area contributed by atoms with Crippen molar-refractivity contribution in [1.82, 2.24) is 25.1 Å². The van der Waals surface area contributed by atoms with Crippen LogP contribution >= 0.6 is 0 Å². The van der Waals surface area contributed by atoms with Crippen LogP contribution in [0.15, 0.2) is 36.5 Å². The molecule has 2 amide bonds. The Kier molecular flexibility index (Phi) is 9.70. The Morgan fingerprint density at radius 1 is 1.10 bits per heavy atom. The molecule has 0 bridgehead atoms. The molecule has 0 spiro atoms. The van der Waals surface area contributed by atoms with Crippen LogP contribution in [0.3, 0.4) is 0 Å². The molecule has 3 unspecified atom stereocenters. The molecule has 2 aromatic carbocycles. The highest BCUT2D eigenvalue weighted by atomic mass is 19.4. The molecular formula is C35H40F4N6O4. The molecule has 3 aromatic rings. The molecule has 10 nitrogen and oxygen atoms in total. The molecule has 1 saturated carbocycles. The van der Waals surface area contributed by atoms with Crippen molar-refractivity contribution < 1.29 is 36.6 Å². The fourth-order valence-electron chi connectivity index (χ4n) is 7.17. The van der Waals surface area contributed by atoms with Crippen molar-refractivity contribution in [3.05, 3.63) is 64.6 Å². The lowest BCUT2D eigenvalue weighted by Gasteiger charge is -2.38. The zero-order valence-corrected chi connectivity index (χ0v) is 27.9. The number of piperidine rings is 1. The summed E-state index contributed by atoms with van der Waals surface area (Å²) in [5, 5.41) is 5.63. The summed E-state index contributed by atoms with van der Waals surface area (Å²) >= 11 is 0. The van der Waals surface area contributed by atoms with Gasteiger partial charge in [-0.05, 0) is 62.1 Å². The average Bonchev–Trinajstić information content (AvgIpc) is 3.62. The second-order valence-electron chi connectivity index (χ2n) is 13.3. The first-order chi connectivity index (χ1) is 23.3. The van der Waals surface area contributed by atoms with E-state index >= 15 is 4.39 Å². The molecule has 3 atom stereocenters. The Labute approximate surface area is 282 Å². The Hall–Kier alpha value is -4.46. The van der Waals surface area contributed by atoms with Gasteiger partial charge >= 0.3 is 6.18 Å². The maximum absolute atomic E-state index is 15.4. The average molecular weight is 685 g/mol. The Bertz CT molecular complexity index is 1730. The van der Waals surface area contributed by atoms with Crippen LogP contribution in [-0.2, 0) is 12.7 Å². The molecular weight excluding hydrogens is 644 g/mol. The van der Waals surface area contributed by atoms with E-state index in [0.717, 1.165) is 37.9 Å². The molecule has 2 fully saturated rings. The first kappa shape index (κ1) is 34.4. The summed E-state index contributed by atoms with van der Waals surface area (Å²) in [7, 11) is 2.89. The first-order valence-electron chi connectivity index (χ1n) is 16.5. The van der Waals surface area contributed by atoms with Crippen LogP contribution in [0.25, 0.3) is 0 Å². The topological polar surface area (TPSA) is 109 Å². The molecule has 0 radical (unpaired) electrons. The summed E-state index contributed by atoms with van der Waals surface area (Å²) in [5.41, 5.74) is -0.786. The third-order valence-corrected chi connectivity index (χ3v) is 9.99. The highest BCUT2D eigenvalue weighted by Gasteiger charge is 2.38. The monoisotopic (exact) mass is 684 g/mol. The molecule has 6 rings (SSSR count). The van der Waals surface area contributed by atoms with Gasteiger partial charge in [0.25, 0.3) is 11.8 Å². The maximum atomic E-state index is 15.4. The van der Waals surface area contributed by atoms with Gasteiger partial charge in [-0.25, -0.2) is 9.37 Å². The number of halogens is 4. The molecule has 3 heterocycles. The minimum absolute atomic E-state index is 0.0248. The number of benzene rings is 2. The van der Waals surface area contributed by atoms with Crippen molar-refractivity contribution in [1.29, 1.82) is 0 Å². The van der Waals surface area contributed by atoms with E-state index in [-0.39, 0.29) is 46.8 Å². The van der Waals surface area contributed by atoms with E-state index in [1.807, 2.05) is 0 Å². The maximum Gasteiger partial charge on any atom is 0.423 e. The number of hydrogen-bond acceptors (Lipinski definition) is 8. The first-order valence-corrected chi connectivity index (χ1v) is 16.5. The zero-order valence-electron chi connectivity index (χ0n) is 27.9. The van der Waals surface area contributed by atoms with Crippen LogP contribution in [0.5, 0.6) is 17.4 Å². The number of amides is 2. The molecule has 2 N–H and O–H groups in total. The minimum atomic E-state index is -4.88. The highest BCUT2D eigenvalue weighted by Crippen LogP contribution is 2.40. The molecule has 262 valence electrons. The van der Waals surface area contributed by atoms with Gasteiger partial charge in [0.15, 0.2) is 0 Å². The second kappa shape index (κ2) is 13.8. The second-order valence-corrected chi connectivity index (χ2v) is 13.3. The molecule has 1 saturated heterocycles. The van der Waals surface area contributed by atoms with Crippen molar-refractivity contribution in [3.63, 3.8) is 0 Å². The van der Waals surface area contributed by atoms with Gasteiger partial charge in [0.1, 0.15) is 22.9 Å². The van der Waals surface area contributed by atoms with Crippen molar-refractivity contribution >= 4 is 23.5 Å². The van der Waals surface area contributed by atoms with E-state index in [1.54, 1.807) is 19.2 Å². The van der Waals surface area contributed by atoms with Gasteiger partial charge in [0.2, 0.25) is 11.8 Å². The Morgan fingerprint density at radius 3 is 2.53 bits per heavy atom. The number of alkyl halides is 3. The van der Waals surface area contributed by atoms with Crippen molar-refractivity contribution in [3.8, 4) is 17.4 Å². The molecule has 1 aromatic heterocycles. The predicted molar refractivity (Wildman–Crippen MR) is 174 cm³/mol. The van der Waals surface area contributed by atoms with Gasteiger partial charge in [0, 0.05) is 51.0 Å². The largest absolute Gasteiger partial charge is 0.495 e. The quantitative estimate of drug-likeness (QED) is 0.238. The SMILES string of the molecule is COc1cc(C(=O)NC2CCN(C(C)C3CCC(C)C3)CC2)c(F)cc1Nc1ncc(C(F)(F)F)c(Oc2cccc3c2C(=O)N(C)C3)n1. The van der Waals surface area contributed by atoms with Crippen LogP contribution < -0.4 is 20.1 Å². The number of carbonyl (C=O) groups is 2. The van der Waals surface area contributed by atoms with Crippen LogP contribution in [0, 0.1) is 17.7 Å². The third-order valence-electron chi connectivity index (χ3n) is 9.99. The lowest BCUT2D eigenvalue weighted by atomic mass is 9.94. The summed E-state index contributed by atoms with van der Waals surface area (Å²) in [4.78, 5) is 37.5. The van der Waals surface area contributed by atoms with Crippen LogP contribution in [0.4, 0.5) is 29.2 Å². The smallest absolute Gasteiger partial charge is 0.423 e. The van der Waals surface area contributed by atoms with Gasteiger partial charge in [-0.15, -0.1) is 0 Å². The van der Waals surface area contributed by atoms with E-state index in [0.29, 0.717) is 23.7 Å². The van der Waals surface area contributed by atoms with Gasteiger partial charge in [0.05, 0.1) is 23.9 Å². The summed E-state index contributed by atoms with van der Waals surface area (Å²) in [5.74, 6) is -1.65. The lowest BCUT2D eigenvalue weighted by Crippen LogP contribution is -2.49. The number of aromatic nitrogens is 2. The van der Waals surface area contributed by atoms with E-state index in [2.05, 4.69) is 39.3 Å². The van der Waals surface area contributed by atoms with E-state index in [4.69, 9.17) is 9.47 Å². The van der Waals surface area contributed by atoms with Gasteiger partial charge in [-0.2, -0.15) is 18.2 Å². The van der Waals surface area contributed by atoms with Gasteiger partial charge < -0.3 is 29.9 Å². The van der Waals surface area contributed by atoms with E-state index in [1.165, 1.54) is 43.4 Å². The standard InChI is InChI=1S/C35H40F4N6O4/c1-19-8-9-21(14-19)20(2)45-12-10-23(11-13-45)41-31(46)24-15-29(48-4)27(16-26(24)36)42-34-40-17-25(35(37,38)39)32(43-34)49-28-7-5-6-22-18-44(3)33(47)30(22)28/h5-7,15-17,19-21,23H,8-14,18H2,1-4H3,(H,41,46)(H,40,42,43). The normalized spacial score (nSPS) is 20.7. The van der Waals surface area contributed by atoms with Crippen LogP contribution in [-0.4, -0.2) is 70.9 Å². The minimum Gasteiger partial charge on any atom is -0.495 e. The number of likely N-dealkylation sites (tertiary alicyclic amines) is 1. The zero-order chi connectivity index (χ0) is 35.0. The van der Waals surface area contributed by atoms with Gasteiger partial charge in [-0.1, -0.05) is 25.5 Å². The van der Waals surface area contributed by atoms with E-state index < -0.39 is 35.3 Å². The molecule has 14 heteroatoms. The van der Waals surface area contributed by atoms with Gasteiger partial charge in [-0.3, -0.25) is 9.59 Å². The molecule has 2 aliphatic heterocycles. The Balaban J connectivity index is 1.16. The summed E-state index contributed by atoms with van der Waals surface area (Å²) in [6.07, 6.45) is 0.933. The number of carbonyl (C=O) groups excluding carboxylic acids is 2. The molecule has 49 heavy (non-hydrogen) atoms. The molecule has 3 aliphatic rings. The fraction of sp³-hybridized carbons (Fsp3) is 0.486. The number of nitrogens with one attached hydrogen (secondary N) is 2. The number of anilines is 2.